The van der Waals surface area contributed by atoms with Crippen molar-refractivity contribution in [1.82, 2.24) is 35.0 Å². The van der Waals surface area contributed by atoms with E-state index < -0.39 is 0 Å². The third-order valence-electron chi connectivity index (χ3n) is 5.75. The van der Waals surface area contributed by atoms with Gasteiger partial charge in [0.15, 0.2) is 0 Å². The van der Waals surface area contributed by atoms with Crippen molar-refractivity contribution >= 4 is 17.5 Å². The van der Waals surface area contributed by atoms with Gasteiger partial charge < -0.3 is 4.90 Å². The lowest BCUT2D eigenvalue weighted by atomic mass is 9.95. The lowest BCUT2D eigenvalue weighted by molar-refractivity contribution is -0.133. The molecular weight excluding hydrogens is 414 g/mol. The average molecular weight is 440 g/mol. The van der Waals surface area contributed by atoms with Crippen LogP contribution in [0.1, 0.15) is 23.5 Å². The third-order valence-corrected chi connectivity index (χ3v) is 6.00. The minimum atomic E-state index is -0.0158. The van der Waals surface area contributed by atoms with Crippen LogP contribution < -0.4 is 0 Å². The zero-order valence-corrected chi connectivity index (χ0v) is 18.1. The molecule has 0 spiro atoms. The number of aromatic nitrogens is 5. The zero-order valence-electron chi connectivity index (χ0n) is 17.3. The molecule has 3 aromatic rings. The molecule has 2 aromatic heterocycles. The maximum atomic E-state index is 13.1. The van der Waals surface area contributed by atoms with Crippen molar-refractivity contribution in [2.75, 3.05) is 32.7 Å². The minimum absolute atomic E-state index is 0.0158. The molecule has 1 aliphatic heterocycles. The van der Waals surface area contributed by atoms with Gasteiger partial charge in [-0.05, 0) is 52.2 Å². The van der Waals surface area contributed by atoms with Crippen LogP contribution in [0, 0.1) is 0 Å². The van der Waals surface area contributed by atoms with Crippen molar-refractivity contribution in [1.29, 1.82) is 0 Å². The van der Waals surface area contributed by atoms with Crippen LogP contribution >= 0.6 is 11.6 Å². The van der Waals surface area contributed by atoms with Gasteiger partial charge in [-0.15, -0.1) is 5.10 Å². The van der Waals surface area contributed by atoms with Crippen LogP contribution in [0.15, 0.2) is 55.1 Å². The van der Waals surface area contributed by atoms with Crippen LogP contribution in [-0.2, 0) is 17.8 Å². The molecule has 1 amide bonds. The smallest absolute Gasteiger partial charge is 0.223 e. The Hall–Kier alpha value is -2.84. The molecule has 0 aliphatic carbocycles. The standard InChI is InChI=1S/C22H26ClN7O/c23-21-3-1-19(2-4-21)20(16-30-17-25-26-27-30)15-22(31)29-13-11-28(12-14-29)10-7-18-5-8-24-9-6-18/h1-6,8-9,17,20H,7,10-16H2/t20-/m1/s1. The molecular formula is C22H26ClN7O. The number of hydrogen-bond donors (Lipinski definition) is 0. The highest BCUT2D eigenvalue weighted by molar-refractivity contribution is 6.30. The average Bonchev–Trinajstić information content (AvgIpc) is 3.32. The lowest BCUT2D eigenvalue weighted by Gasteiger charge is -2.35. The molecule has 4 rings (SSSR count). The second-order valence-corrected chi connectivity index (χ2v) is 8.25. The first-order valence-corrected chi connectivity index (χ1v) is 10.9. The van der Waals surface area contributed by atoms with Crippen LogP contribution in [-0.4, -0.2) is 73.6 Å². The van der Waals surface area contributed by atoms with Crippen LogP contribution in [0.3, 0.4) is 0 Å². The van der Waals surface area contributed by atoms with E-state index in [0.717, 1.165) is 44.7 Å². The Bertz CT molecular complexity index is 942. The quantitative estimate of drug-likeness (QED) is 0.535. The predicted octanol–water partition coefficient (Wildman–Crippen LogP) is 2.28. The summed E-state index contributed by atoms with van der Waals surface area (Å²) in [6.07, 6.45) is 6.66. The van der Waals surface area contributed by atoms with Crippen molar-refractivity contribution < 1.29 is 4.79 Å². The number of pyridine rings is 1. The van der Waals surface area contributed by atoms with Gasteiger partial charge in [0.2, 0.25) is 5.91 Å². The molecule has 162 valence electrons. The third kappa shape index (κ3) is 6.08. The highest BCUT2D eigenvalue weighted by Gasteiger charge is 2.25. The van der Waals surface area contributed by atoms with E-state index in [1.807, 2.05) is 41.6 Å². The molecule has 0 unspecified atom stereocenters. The van der Waals surface area contributed by atoms with Gasteiger partial charge in [-0.2, -0.15) is 0 Å². The largest absolute Gasteiger partial charge is 0.340 e. The highest BCUT2D eigenvalue weighted by atomic mass is 35.5. The van der Waals surface area contributed by atoms with E-state index in [2.05, 4.69) is 37.5 Å². The molecule has 3 heterocycles. The van der Waals surface area contributed by atoms with Crippen molar-refractivity contribution in [3.8, 4) is 0 Å². The summed E-state index contributed by atoms with van der Waals surface area (Å²) in [7, 11) is 0. The van der Waals surface area contributed by atoms with Gasteiger partial charge >= 0.3 is 0 Å². The molecule has 8 nitrogen and oxygen atoms in total. The van der Waals surface area contributed by atoms with E-state index in [0.29, 0.717) is 18.0 Å². The Morgan fingerprint density at radius 2 is 1.77 bits per heavy atom. The van der Waals surface area contributed by atoms with E-state index in [1.54, 1.807) is 11.0 Å². The van der Waals surface area contributed by atoms with Crippen LogP contribution in [0.5, 0.6) is 0 Å². The van der Waals surface area contributed by atoms with Gasteiger partial charge in [0.1, 0.15) is 6.33 Å². The fraction of sp³-hybridized carbons (Fsp3) is 0.409. The number of tetrazole rings is 1. The van der Waals surface area contributed by atoms with Crippen molar-refractivity contribution in [2.45, 2.75) is 25.3 Å². The summed E-state index contributed by atoms with van der Waals surface area (Å²) in [6, 6.07) is 11.8. The van der Waals surface area contributed by atoms with Crippen molar-refractivity contribution in [3.63, 3.8) is 0 Å². The number of amides is 1. The van der Waals surface area contributed by atoms with E-state index in [4.69, 9.17) is 11.6 Å². The van der Waals surface area contributed by atoms with E-state index in [9.17, 15) is 4.79 Å². The summed E-state index contributed by atoms with van der Waals surface area (Å²) in [4.78, 5) is 21.5. The van der Waals surface area contributed by atoms with Gasteiger partial charge in [0.25, 0.3) is 0 Å². The number of nitrogens with zero attached hydrogens (tertiary/aromatic N) is 7. The summed E-state index contributed by atoms with van der Waals surface area (Å²) < 4.78 is 1.67. The molecule has 1 aliphatic rings. The molecule has 0 N–H and O–H groups in total. The second kappa shape index (κ2) is 10.5. The Balaban J connectivity index is 1.31. The van der Waals surface area contributed by atoms with Gasteiger partial charge in [-0.25, -0.2) is 4.68 Å². The maximum absolute atomic E-state index is 13.1. The zero-order chi connectivity index (χ0) is 21.5. The molecule has 1 atom stereocenters. The van der Waals surface area contributed by atoms with Crippen LogP contribution in [0.25, 0.3) is 0 Å². The molecule has 9 heteroatoms. The molecule has 0 radical (unpaired) electrons. The molecule has 0 bridgehead atoms. The number of piperazine rings is 1. The van der Waals surface area contributed by atoms with Crippen LogP contribution in [0.4, 0.5) is 0 Å². The van der Waals surface area contributed by atoms with Gasteiger partial charge in [0, 0.05) is 62.5 Å². The van der Waals surface area contributed by atoms with Gasteiger partial charge in [-0.1, -0.05) is 23.7 Å². The lowest BCUT2D eigenvalue weighted by Crippen LogP contribution is -2.49. The van der Waals surface area contributed by atoms with Crippen LogP contribution in [0.2, 0.25) is 5.02 Å². The molecule has 1 fully saturated rings. The van der Waals surface area contributed by atoms with E-state index in [1.165, 1.54) is 5.56 Å². The second-order valence-electron chi connectivity index (χ2n) is 7.81. The van der Waals surface area contributed by atoms with Gasteiger partial charge in [0.05, 0.1) is 6.54 Å². The first-order valence-electron chi connectivity index (χ1n) is 10.5. The Morgan fingerprint density at radius 1 is 1.03 bits per heavy atom. The van der Waals surface area contributed by atoms with Crippen molar-refractivity contribution in [3.05, 3.63) is 71.3 Å². The number of carbonyl (C=O) groups is 1. The van der Waals surface area contributed by atoms with Crippen molar-refractivity contribution in [2.24, 2.45) is 0 Å². The summed E-state index contributed by atoms with van der Waals surface area (Å²) in [5, 5.41) is 12.1. The highest BCUT2D eigenvalue weighted by Crippen LogP contribution is 2.24. The first kappa shape index (κ1) is 21.4. The fourth-order valence-corrected chi connectivity index (χ4v) is 4.04. The first-order chi connectivity index (χ1) is 15.2. The Kier molecular flexibility index (Phi) is 7.22. The number of halogens is 1. The maximum Gasteiger partial charge on any atom is 0.223 e. The number of hydrogen-bond acceptors (Lipinski definition) is 6. The number of benzene rings is 1. The summed E-state index contributed by atoms with van der Waals surface area (Å²) in [5.74, 6) is 0.153. The summed E-state index contributed by atoms with van der Waals surface area (Å²) in [5.41, 5.74) is 2.35. The molecule has 1 saturated heterocycles. The summed E-state index contributed by atoms with van der Waals surface area (Å²) >= 11 is 6.04. The minimum Gasteiger partial charge on any atom is -0.340 e. The Labute approximate surface area is 186 Å². The molecule has 1 aromatic carbocycles. The van der Waals surface area contributed by atoms with Gasteiger partial charge in [-0.3, -0.25) is 14.7 Å². The van der Waals surface area contributed by atoms with E-state index in [-0.39, 0.29) is 11.8 Å². The van der Waals surface area contributed by atoms with E-state index >= 15 is 0 Å². The fourth-order valence-electron chi connectivity index (χ4n) is 3.91. The number of rotatable bonds is 8. The Morgan fingerprint density at radius 3 is 2.45 bits per heavy atom. The topological polar surface area (TPSA) is 80.0 Å². The monoisotopic (exact) mass is 439 g/mol. The molecule has 0 saturated carbocycles. The molecule has 31 heavy (non-hydrogen) atoms. The normalized spacial score (nSPS) is 15.7. The predicted molar refractivity (Wildman–Crippen MR) is 118 cm³/mol. The number of carbonyl (C=O) groups excluding carboxylic acids is 1. The summed E-state index contributed by atoms with van der Waals surface area (Å²) in [6.45, 7) is 4.86. The SMILES string of the molecule is O=C(C[C@H](Cn1cnnn1)c1ccc(Cl)cc1)N1CCN(CCc2ccncc2)CC1.